The van der Waals surface area contributed by atoms with Gasteiger partial charge < -0.3 is 9.80 Å². The number of aromatic nitrogens is 1. The van der Waals surface area contributed by atoms with Crippen LogP contribution in [0.25, 0.3) is 0 Å². The predicted molar refractivity (Wildman–Crippen MR) is 110 cm³/mol. The van der Waals surface area contributed by atoms with Crippen LogP contribution in [0.1, 0.15) is 46.7 Å². The highest BCUT2D eigenvalue weighted by atomic mass is 32.1. The zero-order valence-electron chi connectivity index (χ0n) is 16.1. The van der Waals surface area contributed by atoms with E-state index in [1.165, 1.54) is 18.4 Å². The first kappa shape index (κ1) is 18.6. The fourth-order valence-corrected chi connectivity index (χ4v) is 5.28. The van der Waals surface area contributed by atoms with Gasteiger partial charge in [0.15, 0.2) is 0 Å². The highest BCUT2D eigenvalue weighted by Crippen LogP contribution is 2.32. The first-order valence-corrected chi connectivity index (χ1v) is 11.1. The molecule has 0 spiro atoms. The number of amides is 1. The van der Waals surface area contributed by atoms with Crippen LogP contribution in [0.15, 0.2) is 35.7 Å². The standard InChI is InChI=1S/C22H29N3OS/c1-17-23-20(16-27-17)22(26)25-13-6-10-19-15-24(14-11-21(19)25)12-5-9-18-7-3-2-4-8-18/h2-4,7-8,16,19,21H,5-6,9-15H2,1H3/t19-,21+/m1/s1. The number of piperidine rings is 2. The molecule has 5 heteroatoms. The smallest absolute Gasteiger partial charge is 0.273 e. The molecule has 1 amide bonds. The minimum absolute atomic E-state index is 0.145. The summed E-state index contributed by atoms with van der Waals surface area (Å²) in [5.41, 5.74) is 2.07. The summed E-state index contributed by atoms with van der Waals surface area (Å²) >= 11 is 1.57. The topological polar surface area (TPSA) is 36.4 Å². The maximum atomic E-state index is 12.9. The van der Waals surface area contributed by atoms with Crippen molar-refractivity contribution < 1.29 is 4.79 Å². The number of hydrogen-bond acceptors (Lipinski definition) is 4. The first-order valence-electron chi connectivity index (χ1n) is 10.2. The van der Waals surface area contributed by atoms with Gasteiger partial charge in [-0.25, -0.2) is 4.98 Å². The second kappa shape index (κ2) is 8.53. The van der Waals surface area contributed by atoms with E-state index in [4.69, 9.17) is 0 Å². The molecule has 4 nitrogen and oxygen atoms in total. The number of thiazole rings is 1. The summed E-state index contributed by atoms with van der Waals surface area (Å²) in [7, 11) is 0. The van der Waals surface area contributed by atoms with Gasteiger partial charge in [-0.3, -0.25) is 4.79 Å². The summed E-state index contributed by atoms with van der Waals surface area (Å²) in [4.78, 5) is 22.1. The summed E-state index contributed by atoms with van der Waals surface area (Å²) in [6.07, 6.45) is 5.83. The van der Waals surface area contributed by atoms with Crippen LogP contribution in [-0.4, -0.2) is 52.9 Å². The van der Waals surface area contributed by atoms with Crippen LogP contribution in [0.5, 0.6) is 0 Å². The molecule has 4 rings (SSSR count). The van der Waals surface area contributed by atoms with Gasteiger partial charge in [-0.05, 0) is 57.1 Å². The molecule has 2 aliphatic rings. The minimum Gasteiger partial charge on any atom is -0.334 e. The molecule has 0 unspecified atom stereocenters. The van der Waals surface area contributed by atoms with Crippen molar-refractivity contribution in [3.63, 3.8) is 0 Å². The quantitative estimate of drug-likeness (QED) is 0.783. The zero-order valence-corrected chi connectivity index (χ0v) is 17.0. The molecule has 0 bridgehead atoms. The number of carbonyl (C=O) groups excluding carboxylic acids is 1. The van der Waals surface area contributed by atoms with Crippen LogP contribution < -0.4 is 0 Å². The van der Waals surface area contributed by atoms with Gasteiger partial charge in [0.25, 0.3) is 5.91 Å². The van der Waals surface area contributed by atoms with Crippen LogP contribution in [0.4, 0.5) is 0 Å². The molecule has 27 heavy (non-hydrogen) atoms. The molecule has 2 fully saturated rings. The van der Waals surface area contributed by atoms with E-state index >= 15 is 0 Å². The highest BCUT2D eigenvalue weighted by molar-refractivity contribution is 7.09. The van der Waals surface area contributed by atoms with Crippen molar-refractivity contribution in [3.8, 4) is 0 Å². The van der Waals surface area contributed by atoms with Gasteiger partial charge in [0.2, 0.25) is 0 Å². The van der Waals surface area contributed by atoms with Crippen LogP contribution >= 0.6 is 11.3 Å². The molecule has 2 aliphatic heterocycles. The summed E-state index contributed by atoms with van der Waals surface area (Å²) in [5, 5.41) is 2.89. The Kier molecular flexibility index (Phi) is 5.89. The number of aryl methyl sites for hydroxylation is 2. The average Bonchev–Trinajstić information content (AvgIpc) is 3.14. The van der Waals surface area contributed by atoms with E-state index in [1.807, 2.05) is 12.3 Å². The van der Waals surface area contributed by atoms with E-state index in [-0.39, 0.29) is 5.91 Å². The molecule has 2 aromatic rings. The fraction of sp³-hybridized carbons (Fsp3) is 0.545. The van der Waals surface area contributed by atoms with E-state index in [0.29, 0.717) is 17.7 Å². The van der Waals surface area contributed by atoms with Crippen molar-refractivity contribution in [1.82, 2.24) is 14.8 Å². The van der Waals surface area contributed by atoms with Crippen molar-refractivity contribution in [2.24, 2.45) is 5.92 Å². The Morgan fingerprint density at radius 1 is 1.22 bits per heavy atom. The number of benzene rings is 1. The second-order valence-electron chi connectivity index (χ2n) is 7.90. The number of hydrogen-bond donors (Lipinski definition) is 0. The predicted octanol–water partition coefficient (Wildman–Crippen LogP) is 4.01. The summed E-state index contributed by atoms with van der Waals surface area (Å²) < 4.78 is 0. The van der Waals surface area contributed by atoms with Crippen molar-refractivity contribution in [2.75, 3.05) is 26.2 Å². The summed E-state index contributed by atoms with van der Waals surface area (Å²) in [6, 6.07) is 11.2. The van der Waals surface area contributed by atoms with E-state index in [2.05, 4.69) is 45.1 Å². The number of carbonyl (C=O) groups is 1. The largest absolute Gasteiger partial charge is 0.334 e. The molecule has 1 aromatic carbocycles. The van der Waals surface area contributed by atoms with Crippen molar-refractivity contribution in [3.05, 3.63) is 52.0 Å². The molecular formula is C22H29N3OS. The van der Waals surface area contributed by atoms with Gasteiger partial charge in [0.1, 0.15) is 5.69 Å². The Morgan fingerprint density at radius 3 is 2.85 bits per heavy atom. The van der Waals surface area contributed by atoms with Crippen molar-refractivity contribution in [1.29, 1.82) is 0 Å². The molecule has 3 heterocycles. The fourth-order valence-electron chi connectivity index (χ4n) is 4.69. The van der Waals surface area contributed by atoms with Gasteiger partial charge in [-0.15, -0.1) is 11.3 Å². The lowest BCUT2D eigenvalue weighted by molar-refractivity contribution is 0.0196. The third-order valence-corrected chi connectivity index (χ3v) is 6.81. The van der Waals surface area contributed by atoms with Crippen LogP contribution in [0.2, 0.25) is 0 Å². The maximum Gasteiger partial charge on any atom is 0.273 e. The monoisotopic (exact) mass is 383 g/mol. The highest BCUT2D eigenvalue weighted by Gasteiger charge is 2.38. The lowest BCUT2D eigenvalue weighted by Crippen LogP contribution is -2.55. The first-order chi connectivity index (χ1) is 13.2. The van der Waals surface area contributed by atoms with Crippen molar-refractivity contribution >= 4 is 17.2 Å². The summed E-state index contributed by atoms with van der Waals surface area (Å²) in [5.74, 6) is 0.763. The van der Waals surface area contributed by atoms with E-state index < -0.39 is 0 Å². The lowest BCUT2D eigenvalue weighted by atomic mass is 9.83. The second-order valence-corrected chi connectivity index (χ2v) is 8.96. The van der Waals surface area contributed by atoms with Gasteiger partial charge in [0, 0.05) is 31.1 Å². The molecule has 1 aromatic heterocycles. The van der Waals surface area contributed by atoms with Crippen molar-refractivity contribution in [2.45, 2.75) is 45.1 Å². The Hall–Kier alpha value is -1.72. The van der Waals surface area contributed by atoms with E-state index in [9.17, 15) is 4.79 Å². The molecule has 2 atom stereocenters. The normalized spacial score (nSPS) is 23.2. The number of rotatable bonds is 5. The zero-order chi connectivity index (χ0) is 18.6. The molecule has 2 saturated heterocycles. The number of fused-ring (bicyclic) bond motifs is 1. The molecule has 0 aliphatic carbocycles. The Bertz CT molecular complexity index is 760. The Labute approximate surface area is 166 Å². The third kappa shape index (κ3) is 4.41. The van der Waals surface area contributed by atoms with Crippen LogP contribution in [0, 0.1) is 12.8 Å². The minimum atomic E-state index is 0.145. The van der Waals surface area contributed by atoms with Gasteiger partial charge in [-0.2, -0.15) is 0 Å². The average molecular weight is 384 g/mol. The third-order valence-electron chi connectivity index (χ3n) is 6.03. The number of nitrogens with zero attached hydrogens (tertiary/aromatic N) is 3. The molecule has 0 radical (unpaired) electrons. The Balaban J connectivity index is 1.31. The van der Waals surface area contributed by atoms with Crippen LogP contribution in [0.3, 0.4) is 0 Å². The van der Waals surface area contributed by atoms with E-state index in [0.717, 1.165) is 50.4 Å². The van der Waals surface area contributed by atoms with Gasteiger partial charge >= 0.3 is 0 Å². The van der Waals surface area contributed by atoms with Gasteiger partial charge in [-0.1, -0.05) is 30.3 Å². The summed E-state index contributed by atoms with van der Waals surface area (Å²) in [6.45, 7) is 6.27. The maximum absolute atomic E-state index is 12.9. The molecule has 0 N–H and O–H groups in total. The molecule has 0 saturated carbocycles. The van der Waals surface area contributed by atoms with Gasteiger partial charge in [0.05, 0.1) is 5.01 Å². The Morgan fingerprint density at radius 2 is 2.07 bits per heavy atom. The SMILES string of the molecule is Cc1nc(C(=O)N2CCC[C@@H]3CN(CCCc4ccccc4)CC[C@@H]32)cs1. The number of likely N-dealkylation sites (tertiary alicyclic amines) is 2. The molecule has 144 valence electrons. The lowest BCUT2D eigenvalue weighted by Gasteiger charge is -2.47. The van der Waals surface area contributed by atoms with E-state index in [1.54, 1.807) is 11.3 Å². The van der Waals surface area contributed by atoms with Crippen LogP contribution in [-0.2, 0) is 6.42 Å². The molecular weight excluding hydrogens is 354 g/mol.